The van der Waals surface area contributed by atoms with Gasteiger partial charge in [-0.05, 0) is 84.7 Å². The van der Waals surface area contributed by atoms with Crippen molar-refractivity contribution in [2.24, 2.45) is 5.73 Å². The topological polar surface area (TPSA) is 159 Å². The van der Waals surface area contributed by atoms with Crippen molar-refractivity contribution in [2.75, 3.05) is 6.61 Å². The molecule has 2 rings (SSSR count). The fourth-order valence-electron chi connectivity index (χ4n) is 3.02. The Morgan fingerprint density at radius 3 is 1.88 bits per heavy atom. The van der Waals surface area contributed by atoms with E-state index >= 15 is 0 Å². The maximum absolute atomic E-state index is 12.5. The summed E-state index contributed by atoms with van der Waals surface area (Å²) in [5.41, 5.74) is 4.83. The van der Waals surface area contributed by atoms with Crippen molar-refractivity contribution in [1.29, 1.82) is 0 Å². The molecular formula is C29H37NO11. The number of benzene rings is 2. The van der Waals surface area contributed by atoms with E-state index in [4.69, 9.17) is 38.9 Å². The van der Waals surface area contributed by atoms with Gasteiger partial charge in [-0.1, -0.05) is 24.3 Å². The molecule has 0 saturated carbocycles. The number of para-hydroxylation sites is 1. The molecule has 0 aliphatic heterocycles. The van der Waals surface area contributed by atoms with E-state index in [-0.39, 0.29) is 24.5 Å². The van der Waals surface area contributed by atoms with Gasteiger partial charge < -0.3 is 38.9 Å². The highest BCUT2D eigenvalue weighted by Crippen LogP contribution is 2.31. The van der Waals surface area contributed by atoms with Crippen LogP contribution in [-0.4, -0.2) is 54.4 Å². The van der Waals surface area contributed by atoms with Crippen LogP contribution in [0.4, 0.5) is 14.4 Å². The van der Waals surface area contributed by atoms with E-state index in [0.717, 1.165) is 0 Å². The average Bonchev–Trinajstić information content (AvgIpc) is 2.82. The first kappa shape index (κ1) is 32.9. The lowest BCUT2D eigenvalue weighted by atomic mass is 10.1. The van der Waals surface area contributed by atoms with Crippen LogP contribution in [-0.2, 0) is 30.2 Å². The molecule has 2 atom stereocenters. The maximum atomic E-state index is 12.5. The smallest absolute Gasteiger partial charge is 0.458 e. The van der Waals surface area contributed by atoms with Crippen LogP contribution in [0.25, 0.3) is 0 Å². The van der Waals surface area contributed by atoms with Gasteiger partial charge in [-0.2, -0.15) is 0 Å². The van der Waals surface area contributed by atoms with E-state index in [0.29, 0.717) is 11.3 Å². The van der Waals surface area contributed by atoms with E-state index in [2.05, 4.69) is 0 Å². The first-order chi connectivity index (χ1) is 19.0. The first-order valence-corrected chi connectivity index (χ1v) is 12.8. The highest BCUT2D eigenvalue weighted by molar-refractivity contribution is 5.76. The Labute approximate surface area is 238 Å². The summed E-state index contributed by atoms with van der Waals surface area (Å²) in [6.07, 6.45) is -3.84. The quantitative estimate of drug-likeness (QED) is 0.233. The van der Waals surface area contributed by atoms with Gasteiger partial charge in [0.1, 0.15) is 35.7 Å². The molecule has 224 valence electrons. The molecule has 0 spiro atoms. The number of rotatable bonds is 9. The minimum absolute atomic E-state index is 0.0279. The molecule has 2 aromatic carbocycles. The summed E-state index contributed by atoms with van der Waals surface area (Å²) in [4.78, 5) is 48.9. The molecule has 12 nitrogen and oxygen atoms in total. The van der Waals surface area contributed by atoms with Gasteiger partial charge in [0.05, 0.1) is 0 Å². The number of esters is 1. The van der Waals surface area contributed by atoms with Gasteiger partial charge in [0.25, 0.3) is 0 Å². The van der Waals surface area contributed by atoms with E-state index < -0.39 is 47.8 Å². The summed E-state index contributed by atoms with van der Waals surface area (Å²) < 4.78 is 36.1. The van der Waals surface area contributed by atoms with Crippen molar-refractivity contribution in [2.45, 2.75) is 78.2 Å². The fourth-order valence-corrected chi connectivity index (χ4v) is 3.02. The van der Waals surface area contributed by atoms with Crippen LogP contribution in [0.3, 0.4) is 0 Å². The van der Waals surface area contributed by atoms with Crippen LogP contribution >= 0.6 is 0 Å². The van der Waals surface area contributed by atoms with Gasteiger partial charge in [-0.25, -0.2) is 14.4 Å². The third-order valence-corrected chi connectivity index (χ3v) is 4.63. The third-order valence-electron chi connectivity index (χ3n) is 4.63. The van der Waals surface area contributed by atoms with Crippen molar-refractivity contribution >= 4 is 24.4 Å². The van der Waals surface area contributed by atoms with Crippen molar-refractivity contribution in [3.63, 3.8) is 0 Å². The predicted octanol–water partition coefficient (Wildman–Crippen LogP) is 5.33. The number of carbonyl (C=O) groups is 4. The summed E-state index contributed by atoms with van der Waals surface area (Å²) in [6, 6.07) is 11.5. The fraction of sp³-hybridized carbons (Fsp3) is 0.448. The van der Waals surface area contributed by atoms with E-state index in [1.807, 2.05) is 0 Å². The van der Waals surface area contributed by atoms with Crippen molar-refractivity contribution in [3.8, 4) is 17.2 Å². The largest absolute Gasteiger partial charge is 0.514 e. The van der Waals surface area contributed by atoms with Gasteiger partial charge in [-0.3, -0.25) is 4.79 Å². The average molecular weight is 576 g/mol. The van der Waals surface area contributed by atoms with Crippen LogP contribution < -0.4 is 19.9 Å². The molecule has 41 heavy (non-hydrogen) atoms. The van der Waals surface area contributed by atoms with Gasteiger partial charge in [0.2, 0.25) is 0 Å². The molecule has 0 heterocycles. The summed E-state index contributed by atoms with van der Waals surface area (Å²) in [6.45, 7) is 11.2. The van der Waals surface area contributed by atoms with Crippen LogP contribution in [0.1, 0.15) is 54.0 Å². The highest BCUT2D eigenvalue weighted by Gasteiger charge is 2.25. The Hall–Kier alpha value is -4.32. The van der Waals surface area contributed by atoms with Gasteiger partial charge in [0.15, 0.2) is 11.5 Å². The van der Waals surface area contributed by atoms with Gasteiger partial charge in [-0.15, -0.1) is 0 Å². The molecule has 0 aliphatic carbocycles. The normalized spacial score (nSPS) is 12.8. The Balaban J connectivity index is 2.02. The monoisotopic (exact) mass is 575 g/mol. The molecule has 2 N–H and O–H groups in total. The molecule has 0 fully saturated rings. The Morgan fingerprint density at radius 1 is 0.756 bits per heavy atom. The lowest BCUT2D eigenvalue weighted by Crippen LogP contribution is -2.37. The summed E-state index contributed by atoms with van der Waals surface area (Å²) in [5, 5.41) is 0. The molecule has 0 saturated heterocycles. The lowest BCUT2D eigenvalue weighted by molar-refractivity contribution is -0.151. The number of hydrogen-bond donors (Lipinski definition) is 1. The SMILES string of the molecule is C[C@@H](COC(=O)Oc1ccccc1)OC(=O)[C@@H](N)Cc1ccc(OC(=O)OC(C)(C)C)c(OC(=O)OC(C)(C)C)c1. The number of ether oxygens (including phenoxy) is 7. The first-order valence-electron chi connectivity index (χ1n) is 12.8. The Bertz CT molecular complexity index is 1200. The van der Waals surface area contributed by atoms with Crippen molar-refractivity contribution < 1.29 is 52.3 Å². The third kappa shape index (κ3) is 13.1. The van der Waals surface area contributed by atoms with Gasteiger partial charge >= 0.3 is 24.4 Å². The molecule has 0 unspecified atom stereocenters. The Morgan fingerprint density at radius 2 is 1.32 bits per heavy atom. The zero-order chi connectivity index (χ0) is 30.8. The Kier molecular flexibility index (Phi) is 11.5. The second-order valence-electron chi connectivity index (χ2n) is 10.9. The van der Waals surface area contributed by atoms with Crippen molar-refractivity contribution in [1.82, 2.24) is 0 Å². The molecule has 0 aromatic heterocycles. The maximum Gasteiger partial charge on any atom is 0.514 e. The zero-order valence-electron chi connectivity index (χ0n) is 24.3. The molecule has 0 aliphatic rings. The minimum Gasteiger partial charge on any atom is -0.458 e. The minimum atomic E-state index is -1.12. The second kappa shape index (κ2) is 14.4. The summed E-state index contributed by atoms with van der Waals surface area (Å²) in [5.74, 6) is -0.719. The standard InChI is InChI=1S/C29H37NO11/c1-18(17-35-25(32)37-20-11-9-8-10-12-20)36-24(31)21(30)15-19-13-14-22(38-26(33)40-28(2,3)4)23(16-19)39-27(34)41-29(5,6)7/h8-14,16,18,21H,15,17,30H2,1-7H3/t18-,21-/m0/s1. The summed E-state index contributed by atoms with van der Waals surface area (Å²) in [7, 11) is 0. The van der Waals surface area contributed by atoms with Gasteiger partial charge in [0, 0.05) is 0 Å². The van der Waals surface area contributed by atoms with E-state index in [9.17, 15) is 19.2 Å². The zero-order valence-corrected chi connectivity index (χ0v) is 24.3. The van der Waals surface area contributed by atoms with E-state index in [1.54, 1.807) is 71.9 Å². The van der Waals surface area contributed by atoms with Crippen LogP contribution in [0.2, 0.25) is 0 Å². The lowest BCUT2D eigenvalue weighted by Gasteiger charge is -2.21. The van der Waals surface area contributed by atoms with Crippen molar-refractivity contribution in [3.05, 3.63) is 54.1 Å². The molecular weight excluding hydrogens is 538 g/mol. The second-order valence-corrected chi connectivity index (χ2v) is 10.9. The highest BCUT2D eigenvalue weighted by atomic mass is 16.8. The molecule has 12 heteroatoms. The molecule has 0 bridgehead atoms. The van der Waals surface area contributed by atoms with Crippen LogP contribution in [0.5, 0.6) is 17.2 Å². The summed E-state index contributed by atoms with van der Waals surface area (Å²) >= 11 is 0. The van der Waals surface area contributed by atoms with Crippen LogP contribution in [0.15, 0.2) is 48.5 Å². The van der Waals surface area contributed by atoms with E-state index in [1.165, 1.54) is 25.1 Å². The number of nitrogens with two attached hydrogens (primary N) is 1. The number of carbonyl (C=O) groups excluding carboxylic acids is 4. The molecule has 2 aromatic rings. The molecule has 0 radical (unpaired) electrons. The predicted molar refractivity (Wildman–Crippen MR) is 146 cm³/mol. The molecule has 0 amide bonds. The van der Waals surface area contributed by atoms with Crippen LogP contribution in [0, 0.1) is 0 Å². The number of hydrogen-bond acceptors (Lipinski definition) is 12.